The van der Waals surface area contributed by atoms with Crippen molar-refractivity contribution < 1.29 is 4.79 Å². The molecule has 0 atom stereocenters. The highest BCUT2D eigenvalue weighted by atomic mass is 32.1. The zero-order chi connectivity index (χ0) is 21.7. The van der Waals surface area contributed by atoms with Gasteiger partial charge in [0.15, 0.2) is 10.8 Å². The fourth-order valence-electron chi connectivity index (χ4n) is 3.89. The summed E-state index contributed by atoms with van der Waals surface area (Å²) in [5.74, 6) is -0.222. The second-order valence-corrected chi connectivity index (χ2v) is 8.74. The van der Waals surface area contributed by atoms with Crippen LogP contribution in [0.1, 0.15) is 41.6 Å². The monoisotopic (exact) mass is 430 g/mol. The molecule has 31 heavy (non-hydrogen) atoms. The van der Waals surface area contributed by atoms with E-state index in [1.54, 1.807) is 6.20 Å². The largest absolute Gasteiger partial charge is 0.358 e. The van der Waals surface area contributed by atoms with Gasteiger partial charge in [0.05, 0.1) is 23.1 Å². The first kappa shape index (κ1) is 19.4. The van der Waals surface area contributed by atoms with Crippen molar-refractivity contribution in [3.8, 4) is 11.3 Å². The minimum atomic E-state index is -0.222. The first-order valence-corrected chi connectivity index (χ1v) is 11.0. The first-order chi connectivity index (χ1) is 14.9. The van der Waals surface area contributed by atoms with Crippen LogP contribution in [0.2, 0.25) is 0 Å². The van der Waals surface area contributed by atoms with E-state index in [0.717, 1.165) is 38.9 Å². The van der Waals surface area contributed by atoms with Gasteiger partial charge in [-0.1, -0.05) is 18.2 Å². The van der Waals surface area contributed by atoms with Gasteiger partial charge in [0, 0.05) is 39.0 Å². The van der Waals surface area contributed by atoms with E-state index >= 15 is 0 Å². The number of hydrogen-bond donors (Lipinski definition) is 2. The topological polar surface area (TPSA) is 88.5 Å². The van der Waals surface area contributed by atoms with Crippen LogP contribution in [-0.2, 0) is 0 Å². The van der Waals surface area contributed by atoms with Gasteiger partial charge in [-0.25, -0.2) is 14.6 Å². The Morgan fingerprint density at radius 1 is 1.19 bits per heavy atom. The third kappa shape index (κ3) is 3.29. The molecule has 0 spiro atoms. The van der Waals surface area contributed by atoms with Crippen molar-refractivity contribution in [1.82, 2.24) is 24.7 Å². The van der Waals surface area contributed by atoms with Crippen LogP contribution in [0, 0.1) is 13.8 Å². The predicted molar refractivity (Wildman–Crippen MR) is 125 cm³/mol. The lowest BCUT2D eigenvalue weighted by Gasteiger charge is -2.09. The molecule has 5 aromatic rings. The Labute approximate surface area is 183 Å². The third-order valence-corrected chi connectivity index (χ3v) is 6.13. The van der Waals surface area contributed by atoms with Crippen molar-refractivity contribution in [2.24, 2.45) is 0 Å². The third-order valence-electron chi connectivity index (χ3n) is 5.37. The average molecular weight is 431 g/mol. The van der Waals surface area contributed by atoms with E-state index in [1.807, 2.05) is 48.2 Å². The number of hydrogen-bond acceptors (Lipinski definition) is 5. The number of nitrogens with one attached hydrogen (secondary N) is 2. The molecule has 0 aliphatic rings. The maximum absolute atomic E-state index is 13.0. The van der Waals surface area contributed by atoms with Crippen LogP contribution in [0.4, 0.5) is 5.13 Å². The van der Waals surface area contributed by atoms with Crippen molar-refractivity contribution in [1.29, 1.82) is 0 Å². The number of rotatable bonds is 4. The van der Waals surface area contributed by atoms with E-state index in [-0.39, 0.29) is 11.9 Å². The number of nitrogens with zero attached hydrogens (tertiary/aromatic N) is 4. The molecule has 0 radical (unpaired) electrons. The first-order valence-electron chi connectivity index (χ1n) is 10.1. The van der Waals surface area contributed by atoms with Gasteiger partial charge in [-0.2, -0.15) is 5.10 Å². The molecule has 0 saturated heterocycles. The Morgan fingerprint density at radius 2 is 2.00 bits per heavy atom. The van der Waals surface area contributed by atoms with Gasteiger partial charge < -0.3 is 4.98 Å². The molecule has 0 unspecified atom stereocenters. The van der Waals surface area contributed by atoms with Gasteiger partial charge in [-0.15, -0.1) is 11.3 Å². The number of fused-ring (bicyclic) bond motifs is 2. The molecule has 0 aliphatic heterocycles. The van der Waals surface area contributed by atoms with Crippen LogP contribution in [0.5, 0.6) is 0 Å². The highest BCUT2D eigenvalue weighted by Gasteiger charge is 2.18. The number of para-hydroxylation sites is 1. The molecule has 0 fully saturated rings. The van der Waals surface area contributed by atoms with Crippen LogP contribution in [-0.4, -0.2) is 30.6 Å². The molecular formula is C23H22N6OS. The highest BCUT2D eigenvalue weighted by Crippen LogP contribution is 2.34. The average Bonchev–Trinajstić information content (AvgIpc) is 3.43. The minimum Gasteiger partial charge on any atom is -0.358 e. The summed E-state index contributed by atoms with van der Waals surface area (Å²) in [6, 6.07) is 10.2. The molecular weight excluding hydrogens is 408 g/mol. The number of thiazole rings is 1. The van der Waals surface area contributed by atoms with Crippen LogP contribution in [0.25, 0.3) is 33.2 Å². The molecule has 0 aliphatic carbocycles. The van der Waals surface area contributed by atoms with Gasteiger partial charge >= 0.3 is 0 Å². The maximum atomic E-state index is 13.0. The second-order valence-electron chi connectivity index (χ2n) is 7.88. The van der Waals surface area contributed by atoms with E-state index in [4.69, 9.17) is 0 Å². The van der Waals surface area contributed by atoms with E-state index in [2.05, 4.69) is 45.3 Å². The molecule has 5 rings (SSSR count). The number of H-pyrrole nitrogens is 1. The molecule has 4 aromatic heterocycles. The summed E-state index contributed by atoms with van der Waals surface area (Å²) < 4.78 is 1.86. The fourth-order valence-corrected chi connectivity index (χ4v) is 4.59. The maximum Gasteiger partial charge on any atom is 0.259 e. The number of aryl methyl sites for hydroxylation is 2. The minimum absolute atomic E-state index is 0.200. The molecule has 156 valence electrons. The summed E-state index contributed by atoms with van der Waals surface area (Å²) in [6.45, 7) is 7.99. The Kier molecular flexibility index (Phi) is 4.59. The second kappa shape index (κ2) is 7.31. The summed E-state index contributed by atoms with van der Waals surface area (Å²) in [5, 5.41) is 11.8. The molecule has 7 nitrogen and oxygen atoms in total. The number of aromatic nitrogens is 5. The lowest BCUT2D eigenvalue weighted by molar-refractivity contribution is 0.102. The number of amides is 1. The van der Waals surface area contributed by atoms with E-state index < -0.39 is 0 Å². The summed E-state index contributed by atoms with van der Waals surface area (Å²) in [5.41, 5.74) is 6.01. The predicted octanol–water partition coefficient (Wildman–Crippen LogP) is 5.49. The lowest BCUT2D eigenvalue weighted by Crippen LogP contribution is -2.14. The van der Waals surface area contributed by atoms with E-state index in [9.17, 15) is 4.79 Å². The van der Waals surface area contributed by atoms with Gasteiger partial charge in [-0.3, -0.25) is 10.1 Å². The number of carbonyl (C=O) groups excluding carboxylic acids is 1. The zero-order valence-electron chi connectivity index (χ0n) is 17.7. The summed E-state index contributed by atoms with van der Waals surface area (Å²) in [4.78, 5) is 25.7. The van der Waals surface area contributed by atoms with E-state index in [1.165, 1.54) is 11.3 Å². The van der Waals surface area contributed by atoms with Crippen molar-refractivity contribution in [2.45, 2.75) is 33.7 Å². The van der Waals surface area contributed by atoms with Gasteiger partial charge in [0.25, 0.3) is 5.91 Å². The Balaban J connectivity index is 1.45. The molecule has 4 heterocycles. The number of benzene rings is 1. The number of pyridine rings is 1. The van der Waals surface area contributed by atoms with Gasteiger partial charge in [0.2, 0.25) is 0 Å². The smallest absolute Gasteiger partial charge is 0.259 e. The van der Waals surface area contributed by atoms with Crippen LogP contribution in [0.3, 0.4) is 0 Å². The van der Waals surface area contributed by atoms with Crippen LogP contribution < -0.4 is 5.32 Å². The Morgan fingerprint density at radius 3 is 2.81 bits per heavy atom. The van der Waals surface area contributed by atoms with Gasteiger partial charge in [-0.05, 0) is 39.8 Å². The number of carbonyl (C=O) groups is 1. The van der Waals surface area contributed by atoms with Crippen molar-refractivity contribution in [3.05, 3.63) is 58.9 Å². The number of aromatic amines is 1. The van der Waals surface area contributed by atoms with Crippen molar-refractivity contribution >= 4 is 44.3 Å². The molecule has 1 aromatic carbocycles. The van der Waals surface area contributed by atoms with Crippen molar-refractivity contribution in [2.75, 3.05) is 5.32 Å². The Hall–Kier alpha value is -3.52. The zero-order valence-corrected chi connectivity index (χ0v) is 18.5. The molecule has 0 saturated carbocycles. The molecule has 2 N–H and O–H groups in total. The number of anilines is 1. The van der Waals surface area contributed by atoms with Crippen LogP contribution in [0.15, 0.2) is 41.9 Å². The lowest BCUT2D eigenvalue weighted by atomic mass is 10.1. The molecule has 0 bridgehead atoms. The SMILES string of the molecule is Cc1nc2c(cnn2C(C)C)cc1C(=O)Nc1nc(-c2c(C)[nH]c3ccccc23)cs1. The standard InChI is InChI=1S/C23H22N6OS/c1-12(2)29-21-15(10-24-29)9-17(13(3)26-21)22(30)28-23-27-19(11-31-23)20-14(4)25-18-8-6-5-7-16(18)20/h5-12,25H,1-4H3,(H,27,28,30). The Bertz CT molecular complexity index is 1440. The summed E-state index contributed by atoms with van der Waals surface area (Å²) >= 11 is 1.41. The van der Waals surface area contributed by atoms with Gasteiger partial charge in [0.1, 0.15) is 0 Å². The summed E-state index contributed by atoms with van der Waals surface area (Å²) in [6.07, 6.45) is 1.75. The van der Waals surface area contributed by atoms with Crippen LogP contribution >= 0.6 is 11.3 Å². The normalized spacial score (nSPS) is 11.6. The quantitative estimate of drug-likeness (QED) is 0.395. The molecule has 1 amide bonds. The highest BCUT2D eigenvalue weighted by molar-refractivity contribution is 7.14. The van der Waals surface area contributed by atoms with E-state index in [0.29, 0.717) is 16.4 Å². The molecule has 8 heteroatoms. The summed E-state index contributed by atoms with van der Waals surface area (Å²) in [7, 11) is 0. The fraction of sp³-hybridized carbons (Fsp3) is 0.217. The van der Waals surface area contributed by atoms with Crippen molar-refractivity contribution in [3.63, 3.8) is 0 Å².